The molecule has 0 saturated carbocycles. The number of hydrogen-bond acceptors (Lipinski definition) is 3. The Morgan fingerprint density at radius 3 is 2.35 bits per heavy atom. The number of amides is 2. The van der Waals surface area contributed by atoms with E-state index in [-0.39, 0.29) is 11.6 Å². The monoisotopic (exact) mass is 393 g/mol. The maximum atomic E-state index is 12.7. The van der Waals surface area contributed by atoms with Gasteiger partial charge in [0, 0.05) is 30.5 Å². The van der Waals surface area contributed by atoms with Gasteiger partial charge in [-0.1, -0.05) is 37.0 Å². The van der Waals surface area contributed by atoms with Crippen molar-refractivity contribution < 1.29 is 9.59 Å². The number of hydrogen-bond donors (Lipinski definition) is 1. The van der Waals surface area contributed by atoms with Crippen molar-refractivity contribution in [1.29, 1.82) is 0 Å². The topological polar surface area (TPSA) is 62.3 Å². The number of carbonyl (C=O) groups is 2. The minimum absolute atomic E-state index is 0.0975. The van der Waals surface area contributed by atoms with Crippen molar-refractivity contribution in [3.8, 4) is 0 Å². The molecule has 0 atom stereocenters. The Labute approximate surface area is 163 Å². The van der Waals surface area contributed by atoms with Gasteiger partial charge in [-0.25, -0.2) is 0 Å². The van der Waals surface area contributed by atoms with Crippen LogP contribution in [0.2, 0.25) is 10.0 Å². The number of rotatable bonds is 7. The van der Waals surface area contributed by atoms with E-state index >= 15 is 0 Å². The van der Waals surface area contributed by atoms with Gasteiger partial charge < -0.3 is 10.2 Å². The zero-order valence-electron chi connectivity index (χ0n) is 14.8. The molecule has 1 N–H and O–H groups in total. The Balaban J connectivity index is 2.17. The first-order valence-electron chi connectivity index (χ1n) is 8.48. The molecule has 2 amide bonds. The first-order chi connectivity index (χ1) is 12.5. The molecular formula is C19H21Cl2N3O2. The number of nitrogens with zero attached hydrogens (tertiary/aromatic N) is 2. The predicted molar refractivity (Wildman–Crippen MR) is 105 cm³/mol. The Bertz CT molecular complexity index is 790. The van der Waals surface area contributed by atoms with Gasteiger partial charge in [-0.05, 0) is 43.2 Å². The van der Waals surface area contributed by atoms with Gasteiger partial charge >= 0.3 is 0 Å². The fraction of sp³-hybridized carbons (Fsp3) is 0.316. The lowest BCUT2D eigenvalue weighted by Crippen LogP contribution is -2.32. The number of pyridine rings is 1. The van der Waals surface area contributed by atoms with Crippen LogP contribution in [0.25, 0.3) is 0 Å². The van der Waals surface area contributed by atoms with Crippen LogP contribution in [-0.2, 0) is 0 Å². The number of benzene rings is 1. The highest BCUT2D eigenvalue weighted by Gasteiger charge is 2.17. The summed E-state index contributed by atoms with van der Waals surface area (Å²) in [5, 5.41) is 3.45. The van der Waals surface area contributed by atoms with Crippen LogP contribution in [0.1, 0.15) is 47.5 Å². The van der Waals surface area contributed by atoms with E-state index < -0.39 is 5.91 Å². The highest BCUT2D eigenvalue weighted by molar-refractivity contribution is 6.42. The molecule has 1 aromatic carbocycles. The molecule has 0 fully saturated rings. The SMILES string of the molecule is CCCN(CCC)C(=O)c1ccnc(C(=O)Nc2ccc(Cl)c(Cl)c2)c1. The number of anilines is 1. The molecule has 26 heavy (non-hydrogen) atoms. The van der Waals surface area contributed by atoms with Crippen LogP contribution >= 0.6 is 23.2 Å². The van der Waals surface area contributed by atoms with Gasteiger partial charge in [-0.3, -0.25) is 14.6 Å². The van der Waals surface area contributed by atoms with Crippen LogP contribution in [0.5, 0.6) is 0 Å². The second-order valence-electron chi connectivity index (χ2n) is 5.80. The molecule has 0 unspecified atom stereocenters. The van der Waals surface area contributed by atoms with E-state index in [4.69, 9.17) is 23.2 Å². The van der Waals surface area contributed by atoms with Crippen molar-refractivity contribution in [1.82, 2.24) is 9.88 Å². The fourth-order valence-electron chi connectivity index (χ4n) is 2.49. The molecule has 0 spiro atoms. The van der Waals surface area contributed by atoms with Gasteiger partial charge in [0.05, 0.1) is 10.0 Å². The molecule has 7 heteroatoms. The highest BCUT2D eigenvalue weighted by Crippen LogP contribution is 2.25. The third kappa shape index (κ3) is 5.19. The van der Waals surface area contributed by atoms with Gasteiger partial charge in [0.2, 0.25) is 0 Å². The smallest absolute Gasteiger partial charge is 0.274 e. The van der Waals surface area contributed by atoms with E-state index in [2.05, 4.69) is 10.3 Å². The van der Waals surface area contributed by atoms with Gasteiger partial charge in [0.25, 0.3) is 11.8 Å². The lowest BCUT2D eigenvalue weighted by Gasteiger charge is -2.21. The first-order valence-corrected chi connectivity index (χ1v) is 9.23. The van der Waals surface area contributed by atoms with E-state index in [0.29, 0.717) is 34.4 Å². The molecular weight excluding hydrogens is 373 g/mol. The zero-order valence-corrected chi connectivity index (χ0v) is 16.3. The predicted octanol–water partition coefficient (Wildman–Crippen LogP) is 4.90. The molecule has 0 saturated heterocycles. The molecule has 0 bridgehead atoms. The second-order valence-corrected chi connectivity index (χ2v) is 6.62. The molecule has 5 nitrogen and oxygen atoms in total. The van der Waals surface area contributed by atoms with Crippen LogP contribution in [0.4, 0.5) is 5.69 Å². The summed E-state index contributed by atoms with van der Waals surface area (Å²) < 4.78 is 0. The molecule has 0 aliphatic heterocycles. The van der Waals surface area contributed by atoms with Gasteiger partial charge in [0.1, 0.15) is 5.69 Å². The number of carbonyl (C=O) groups excluding carboxylic acids is 2. The first kappa shape index (κ1) is 20.2. The molecule has 138 valence electrons. The maximum Gasteiger partial charge on any atom is 0.274 e. The molecule has 0 aliphatic carbocycles. The Hall–Kier alpha value is -2.11. The quantitative estimate of drug-likeness (QED) is 0.726. The lowest BCUT2D eigenvalue weighted by atomic mass is 10.1. The second kappa shape index (κ2) is 9.55. The van der Waals surface area contributed by atoms with Crippen LogP contribution in [0, 0.1) is 0 Å². The molecule has 1 heterocycles. The summed E-state index contributed by atoms with van der Waals surface area (Å²) in [7, 11) is 0. The average Bonchev–Trinajstić information content (AvgIpc) is 2.64. The largest absolute Gasteiger partial charge is 0.339 e. The number of aromatic nitrogens is 1. The van der Waals surface area contributed by atoms with Crippen LogP contribution < -0.4 is 5.32 Å². The third-order valence-corrected chi connectivity index (χ3v) is 4.43. The molecule has 0 radical (unpaired) electrons. The normalized spacial score (nSPS) is 10.5. The lowest BCUT2D eigenvalue weighted by molar-refractivity contribution is 0.0755. The van der Waals surface area contributed by atoms with E-state index in [1.54, 1.807) is 29.2 Å². The van der Waals surface area contributed by atoms with E-state index in [1.807, 2.05) is 13.8 Å². The fourth-order valence-corrected chi connectivity index (χ4v) is 2.79. The molecule has 1 aromatic heterocycles. The third-order valence-electron chi connectivity index (χ3n) is 3.69. The summed E-state index contributed by atoms with van der Waals surface area (Å²) in [6.45, 7) is 5.41. The summed E-state index contributed by atoms with van der Waals surface area (Å²) in [5.41, 5.74) is 1.11. The van der Waals surface area contributed by atoms with E-state index in [1.165, 1.54) is 12.3 Å². The van der Waals surface area contributed by atoms with Crippen LogP contribution in [0.15, 0.2) is 36.5 Å². The van der Waals surface area contributed by atoms with Gasteiger partial charge in [-0.15, -0.1) is 0 Å². The summed E-state index contributed by atoms with van der Waals surface area (Å²) in [4.78, 5) is 31.0. The van der Waals surface area contributed by atoms with Crippen molar-refractivity contribution in [2.24, 2.45) is 0 Å². The Morgan fingerprint density at radius 2 is 1.73 bits per heavy atom. The standard InChI is InChI=1S/C19H21Cl2N3O2/c1-3-9-24(10-4-2)19(26)13-7-8-22-17(11-13)18(25)23-14-5-6-15(20)16(21)12-14/h5-8,11-12H,3-4,9-10H2,1-2H3,(H,23,25). The van der Waals surface area contributed by atoms with Crippen molar-refractivity contribution in [2.45, 2.75) is 26.7 Å². The van der Waals surface area contributed by atoms with Crippen molar-refractivity contribution in [2.75, 3.05) is 18.4 Å². The maximum absolute atomic E-state index is 12.7. The summed E-state index contributed by atoms with van der Waals surface area (Å²) in [5.74, 6) is -0.518. The van der Waals surface area contributed by atoms with E-state index in [9.17, 15) is 9.59 Å². The number of halogens is 2. The highest BCUT2D eigenvalue weighted by atomic mass is 35.5. The van der Waals surface area contributed by atoms with Crippen LogP contribution in [-0.4, -0.2) is 34.8 Å². The van der Waals surface area contributed by atoms with Gasteiger partial charge in [-0.2, -0.15) is 0 Å². The molecule has 0 aliphatic rings. The van der Waals surface area contributed by atoms with Crippen LogP contribution in [0.3, 0.4) is 0 Å². The molecule has 2 aromatic rings. The van der Waals surface area contributed by atoms with Crippen molar-refractivity contribution in [3.05, 3.63) is 57.8 Å². The van der Waals surface area contributed by atoms with Gasteiger partial charge in [0.15, 0.2) is 0 Å². The zero-order chi connectivity index (χ0) is 19.1. The van der Waals surface area contributed by atoms with Crippen molar-refractivity contribution >= 4 is 40.7 Å². The molecule has 2 rings (SSSR count). The Kier molecular flexibility index (Phi) is 7.42. The minimum atomic E-state index is -0.421. The van der Waals surface area contributed by atoms with E-state index in [0.717, 1.165) is 12.8 Å². The number of nitrogens with one attached hydrogen (secondary N) is 1. The Morgan fingerprint density at radius 1 is 1.04 bits per heavy atom. The summed E-state index contributed by atoms with van der Waals surface area (Å²) in [6, 6.07) is 7.93. The average molecular weight is 394 g/mol. The minimum Gasteiger partial charge on any atom is -0.339 e. The summed E-state index contributed by atoms with van der Waals surface area (Å²) >= 11 is 11.8. The summed E-state index contributed by atoms with van der Waals surface area (Å²) in [6.07, 6.45) is 3.22. The van der Waals surface area contributed by atoms with Crippen molar-refractivity contribution in [3.63, 3.8) is 0 Å².